The van der Waals surface area contributed by atoms with Gasteiger partial charge >= 0.3 is 0 Å². The number of nitrogens with zero attached hydrogens (tertiary/aromatic N) is 3. The van der Waals surface area contributed by atoms with Crippen molar-refractivity contribution in [2.24, 2.45) is 11.8 Å². The molecule has 1 saturated carbocycles. The van der Waals surface area contributed by atoms with Gasteiger partial charge in [-0.05, 0) is 43.2 Å². The van der Waals surface area contributed by atoms with Gasteiger partial charge in [0, 0.05) is 25.0 Å². The van der Waals surface area contributed by atoms with E-state index in [9.17, 15) is 0 Å². The van der Waals surface area contributed by atoms with Gasteiger partial charge in [-0.2, -0.15) is 0 Å². The van der Waals surface area contributed by atoms with Crippen LogP contribution in [0.3, 0.4) is 0 Å². The number of fused-ring (bicyclic) bond motifs is 1. The summed E-state index contributed by atoms with van der Waals surface area (Å²) < 4.78 is 2.32. The Balaban J connectivity index is 1.92. The van der Waals surface area contributed by atoms with Crippen molar-refractivity contribution < 1.29 is 0 Å². The van der Waals surface area contributed by atoms with Gasteiger partial charge in [0.25, 0.3) is 0 Å². The summed E-state index contributed by atoms with van der Waals surface area (Å²) in [7, 11) is 0. The second-order valence-corrected chi connectivity index (χ2v) is 6.88. The van der Waals surface area contributed by atoms with Crippen LogP contribution in [0.25, 0.3) is 11.2 Å². The van der Waals surface area contributed by atoms with Crippen LogP contribution in [-0.4, -0.2) is 20.4 Å². The molecule has 0 saturated heterocycles. The summed E-state index contributed by atoms with van der Waals surface area (Å²) in [4.78, 5) is 9.38. The van der Waals surface area contributed by atoms with Gasteiger partial charge in [-0.15, -0.1) is 11.6 Å². The Morgan fingerprint density at radius 2 is 2.05 bits per heavy atom. The lowest BCUT2D eigenvalue weighted by Crippen LogP contribution is -2.19. The molecule has 1 fully saturated rings. The van der Waals surface area contributed by atoms with E-state index < -0.39 is 0 Å². The first-order valence-electron chi connectivity index (χ1n) is 8.05. The zero-order valence-corrected chi connectivity index (χ0v) is 13.7. The molecule has 2 aromatic heterocycles. The molecule has 3 rings (SSSR count). The fourth-order valence-electron chi connectivity index (χ4n) is 3.42. The first-order valence-corrected chi connectivity index (χ1v) is 8.59. The molecule has 2 heterocycles. The van der Waals surface area contributed by atoms with Crippen LogP contribution in [0.5, 0.6) is 0 Å². The molecule has 0 atom stereocenters. The monoisotopic (exact) mass is 305 g/mol. The number of aryl methyl sites for hydroxylation is 2. The lowest BCUT2D eigenvalue weighted by atomic mass is 9.83. The van der Waals surface area contributed by atoms with Crippen LogP contribution in [0.2, 0.25) is 0 Å². The molecule has 0 aliphatic heterocycles. The fourth-order valence-corrected chi connectivity index (χ4v) is 3.59. The molecule has 0 spiro atoms. The fraction of sp³-hybridized carbons (Fsp3) is 0.647. The van der Waals surface area contributed by atoms with E-state index in [-0.39, 0.29) is 0 Å². The molecule has 1 aliphatic rings. The Kier molecular flexibility index (Phi) is 4.48. The van der Waals surface area contributed by atoms with Crippen LogP contribution in [0.1, 0.15) is 44.0 Å². The number of halogens is 1. The number of hydrogen-bond acceptors (Lipinski definition) is 2. The minimum Gasteiger partial charge on any atom is -0.312 e. The molecule has 21 heavy (non-hydrogen) atoms. The molecule has 4 heteroatoms. The van der Waals surface area contributed by atoms with Gasteiger partial charge in [0.1, 0.15) is 11.3 Å². The van der Waals surface area contributed by atoms with Crippen molar-refractivity contribution in [3.8, 4) is 0 Å². The molecular formula is C17H24ClN3. The summed E-state index contributed by atoms with van der Waals surface area (Å²) in [5, 5.41) is 0. The quantitative estimate of drug-likeness (QED) is 0.786. The summed E-state index contributed by atoms with van der Waals surface area (Å²) >= 11 is 5.96. The number of rotatable bonds is 4. The van der Waals surface area contributed by atoms with E-state index in [1.165, 1.54) is 31.2 Å². The Labute approximate surface area is 131 Å². The lowest BCUT2D eigenvalue weighted by molar-refractivity contribution is 0.264. The molecule has 0 N–H and O–H groups in total. The van der Waals surface area contributed by atoms with Crippen molar-refractivity contribution in [1.82, 2.24) is 14.5 Å². The van der Waals surface area contributed by atoms with E-state index in [4.69, 9.17) is 16.6 Å². The Morgan fingerprint density at radius 3 is 2.76 bits per heavy atom. The lowest BCUT2D eigenvalue weighted by Gasteiger charge is -2.27. The Hall–Kier alpha value is -1.09. The largest absolute Gasteiger partial charge is 0.312 e. The second kappa shape index (κ2) is 6.35. The van der Waals surface area contributed by atoms with E-state index in [0.29, 0.717) is 5.88 Å². The molecule has 114 valence electrons. The van der Waals surface area contributed by atoms with Crippen molar-refractivity contribution in [1.29, 1.82) is 0 Å². The molecule has 0 unspecified atom stereocenters. The van der Waals surface area contributed by atoms with Crippen molar-refractivity contribution in [3.63, 3.8) is 0 Å². The van der Waals surface area contributed by atoms with Gasteiger partial charge in [-0.3, -0.25) is 0 Å². The van der Waals surface area contributed by atoms with E-state index in [2.05, 4.69) is 23.4 Å². The average molecular weight is 306 g/mol. The summed E-state index contributed by atoms with van der Waals surface area (Å²) in [6.07, 6.45) is 8.08. The second-order valence-electron chi connectivity index (χ2n) is 6.50. The van der Waals surface area contributed by atoms with Gasteiger partial charge in [-0.1, -0.05) is 19.8 Å². The zero-order chi connectivity index (χ0) is 14.8. The maximum Gasteiger partial charge on any atom is 0.160 e. The van der Waals surface area contributed by atoms with Gasteiger partial charge < -0.3 is 4.57 Å². The van der Waals surface area contributed by atoms with Crippen LogP contribution in [0, 0.1) is 18.8 Å². The van der Waals surface area contributed by atoms with E-state index in [1.54, 1.807) is 0 Å². The highest BCUT2D eigenvalue weighted by molar-refractivity contribution is 6.17. The average Bonchev–Trinajstić information content (AvgIpc) is 2.82. The summed E-state index contributed by atoms with van der Waals surface area (Å²) in [6.45, 7) is 5.52. The minimum atomic E-state index is 0.615. The molecular weight excluding hydrogens is 282 g/mol. The third kappa shape index (κ3) is 3.08. The highest BCUT2D eigenvalue weighted by atomic mass is 35.5. The van der Waals surface area contributed by atoms with E-state index in [0.717, 1.165) is 41.8 Å². The predicted molar refractivity (Wildman–Crippen MR) is 87.8 cm³/mol. The molecule has 3 nitrogen and oxygen atoms in total. The minimum absolute atomic E-state index is 0.615. The first kappa shape index (κ1) is 14.8. The number of hydrogen-bond donors (Lipinski definition) is 0. The maximum absolute atomic E-state index is 5.96. The molecule has 0 bridgehead atoms. The van der Waals surface area contributed by atoms with Crippen molar-refractivity contribution in [3.05, 3.63) is 23.7 Å². The van der Waals surface area contributed by atoms with Crippen LogP contribution in [0.15, 0.2) is 12.3 Å². The topological polar surface area (TPSA) is 30.7 Å². The van der Waals surface area contributed by atoms with Crippen molar-refractivity contribution in [2.75, 3.05) is 5.88 Å². The molecule has 0 aromatic carbocycles. The summed E-state index contributed by atoms with van der Waals surface area (Å²) in [5.74, 6) is 3.36. The van der Waals surface area contributed by atoms with Crippen LogP contribution in [-0.2, 0) is 13.0 Å². The van der Waals surface area contributed by atoms with Gasteiger partial charge in [-0.25, -0.2) is 9.97 Å². The molecule has 1 aliphatic carbocycles. The molecule has 0 radical (unpaired) electrons. The van der Waals surface area contributed by atoms with Crippen LogP contribution in [0.4, 0.5) is 0 Å². The van der Waals surface area contributed by atoms with E-state index >= 15 is 0 Å². The molecule has 0 amide bonds. The third-order valence-electron chi connectivity index (χ3n) is 4.81. The van der Waals surface area contributed by atoms with Gasteiger partial charge in [0.05, 0.1) is 0 Å². The SMILES string of the molecule is Cc1ccnc2c1nc(CCCl)n2CC1CCC(C)CC1. The van der Waals surface area contributed by atoms with Crippen molar-refractivity contribution in [2.45, 2.75) is 52.5 Å². The normalized spacial score (nSPS) is 22.8. The number of alkyl halides is 1. The van der Waals surface area contributed by atoms with Gasteiger partial charge in [0.15, 0.2) is 5.65 Å². The number of pyridine rings is 1. The van der Waals surface area contributed by atoms with Gasteiger partial charge in [0.2, 0.25) is 0 Å². The highest BCUT2D eigenvalue weighted by Gasteiger charge is 2.21. The third-order valence-corrected chi connectivity index (χ3v) is 5.00. The standard InChI is InChI=1S/C17H24ClN3/c1-12-3-5-14(6-4-12)11-21-15(7-9-18)20-16-13(2)8-10-19-17(16)21/h8,10,12,14H,3-7,9,11H2,1-2H3. The predicted octanol–water partition coefficient (Wildman–Crippen LogP) is 4.35. The number of imidazole rings is 1. The van der Waals surface area contributed by atoms with E-state index in [1.807, 2.05) is 12.3 Å². The summed E-state index contributed by atoms with van der Waals surface area (Å²) in [6, 6.07) is 2.03. The smallest absolute Gasteiger partial charge is 0.160 e. The molecule has 2 aromatic rings. The summed E-state index contributed by atoms with van der Waals surface area (Å²) in [5.41, 5.74) is 3.28. The van der Waals surface area contributed by atoms with Crippen LogP contribution >= 0.6 is 11.6 Å². The zero-order valence-electron chi connectivity index (χ0n) is 13.0. The van der Waals surface area contributed by atoms with Crippen molar-refractivity contribution >= 4 is 22.8 Å². The maximum atomic E-state index is 5.96. The Morgan fingerprint density at radius 1 is 1.29 bits per heavy atom. The number of aromatic nitrogens is 3. The van der Waals surface area contributed by atoms with Crippen LogP contribution < -0.4 is 0 Å². The highest BCUT2D eigenvalue weighted by Crippen LogP contribution is 2.30. The Bertz CT molecular complexity index is 612. The first-order chi connectivity index (χ1) is 10.2.